The predicted molar refractivity (Wildman–Crippen MR) is 101 cm³/mol. The van der Waals surface area contributed by atoms with Crippen LogP contribution in [0.3, 0.4) is 0 Å². The number of benzene rings is 1. The Labute approximate surface area is 158 Å². The zero-order valence-corrected chi connectivity index (χ0v) is 15.5. The molecule has 6 heteroatoms. The summed E-state index contributed by atoms with van der Waals surface area (Å²) in [6.07, 6.45) is 3.93. The molecule has 1 aromatic heterocycles. The van der Waals surface area contributed by atoms with Gasteiger partial charge in [-0.15, -0.1) is 0 Å². The maximum Gasteiger partial charge on any atom is 0.266 e. The summed E-state index contributed by atoms with van der Waals surface area (Å²) in [6, 6.07) is 9.33. The van der Waals surface area contributed by atoms with Crippen LogP contribution >= 0.6 is 0 Å². The van der Waals surface area contributed by atoms with E-state index in [1.54, 1.807) is 6.08 Å². The minimum absolute atomic E-state index is 0.00306. The van der Waals surface area contributed by atoms with Crippen molar-refractivity contribution in [3.05, 3.63) is 58.7 Å². The van der Waals surface area contributed by atoms with Crippen LogP contribution in [0.15, 0.2) is 35.9 Å². The number of nitrogens with zero attached hydrogens (tertiary/aromatic N) is 2. The highest BCUT2D eigenvalue weighted by Crippen LogP contribution is 2.22. The molecule has 27 heavy (non-hydrogen) atoms. The zero-order chi connectivity index (χ0) is 19.4. The van der Waals surface area contributed by atoms with E-state index in [1.807, 2.05) is 26.0 Å². The normalized spacial score (nSPS) is 17.0. The molecule has 0 aliphatic carbocycles. The molecule has 1 unspecified atom stereocenters. The summed E-state index contributed by atoms with van der Waals surface area (Å²) < 4.78 is 20.9. The minimum atomic E-state index is -0.520. The number of nitrogens with one attached hydrogen (secondary N) is 1. The fourth-order valence-electron chi connectivity index (χ4n) is 3.28. The van der Waals surface area contributed by atoms with Crippen LogP contribution in [-0.2, 0) is 16.1 Å². The van der Waals surface area contributed by atoms with Gasteiger partial charge in [-0.3, -0.25) is 4.79 Å². The van der Waals surface area contributed by atoms with Gasteiger partial charge in [-0.25, -0.2) is 4.39 Å². The number of aryl methyl sites for hydroxylation is 1. The van der Waals surface area contributed by atoms with Gasteiger partial charge < -0.3 is 14.6 Å². The van der Waals surface area contributed by atoms with E-state index in [-0.39, 0.29) is 17.5 Å². The molecular formula is C21H22FN3O2. The van der Waals surface area contributed by atoms with Gasteiger partial charge in [-0.2, -0.15) is 5.26 Å². The van der Waals surface area contributed by atoms with Crippen molar-refractivity contribution in [2.24, 2.45) is 0 Å². The number of hydrogen-bond donors (Lipinski definition) is 1. The topological polar surface area (TPSA) is 67.0 Å². The van der Waals surface area contributed by atoms with Crippen LogP contribution in [0.25, 0.3) is 6.08 Å². The largest absolute Gasteiger partial charge is 0.376 e. The summed E-state index contributed by atoms with van der Waals surface area (Å²) in [7, 11) is 0. The first-order valence-corrected chi connectivity index (χ1v) is 8.95. The molecule has 0 bridgehead atoms. The number of rotatable bonds is 5. The Bertz CT molecular complexity index is 901. The van der Waals surface area contributed by atoms with Gasteiger partial charge in [0.15, 0.2) is 0 Å². The summed E-state index contributed by atoms with van der Waals surface area (Å²) in [5, 5.41) is 12.0. The summed E-state index contributed by atoms with van der Waals surface area (Å²) in [6.45, 7) is 5.55. The van der Waals surface area contributed by atoms with Gasteiger partial charge >= 0.3 is 0 Å². The lowest BCUT2D eigenvalue weighted by molar-refractivity contribution is -0.112. The Morgan fingerprint density at radius 3 is 2.78 bits per heavy atom. The van der Waals surface area contributed by atoms with Crippen LogP contribution in [-0.4, -0.2) is 23.2 Å². The summed E-state index contributed by atoms with van der Waals surface area (Å²) >= 11 is 0. The highest BCUT2D eigenvalue weighted by Gasteiger charge is 2.19. The molecular weight excluding hydrogens is 345 g/mol. The van der Waals surface area contributed by atoms with Gasteiger partial charge in [0.2, 0.25) is 0 Å². The summed E-state index contributed by atoms with van der Waals surface area (Å²) in [5.41, 5.74) is 3.32. The quantitative estimate of drug-likeness (QED) is 0.642. The lowest BCUT2D eigenvalue weighted by Crippen LogP contribution is -2.17. The van der Waals surface area contributed by atoms with E-state index in [1.165, 1.54) is 24.3 Å². The predicted octanol–water partition coefficient (Wildman–Crippen LogP) is 3.97. The van der Waals surface area contributed by atoms with Gasteiger partial charge in [0.1, 0.15) is 17.5 Å². The van der Waals surface area contributed by atoms with Crippen molar-refractivity contribution in [1.82, 2.24) is 4.57 Å². The Morgan fingerprint density at radius 1 is 1.41 bits per heavy atom. The van der Waals surface area contributed by atoms with Crippen molar-refractivity contribution < 1.29 is 13.9 Å². The third-order valence-corrected chi connectivity index (χ3v) is 4.79. The second kappa shape index (κ2) is 8.19. The molecule has 1 N–H and O–H groups in total. The average Bonchev–Trinajstić information content (AvgIpc) is 3.25. The lowest BCUT2D eigenvalue weighted by Gasteiger charge is -2.14. The Kier molecular flexibility index (Phi) is 5.72. The summed E-state index contributed by atoms with van der Waals surface area (Å²) in [4.78, 5) is 12.4. The molecule has 1 saturated heterocycles. The molecule has 1 atom stereocenters. The van der Waals surface area contributed by atoms with E-state index >= 15 is 0 Å². The molecule has 0 spiro atoms. The third kappa shape index (κ3) is 4.44. The molecule has 0 saturated carbocycles. The van der Waals surface area contributed by atoms with E-state index < -0.39 is 5.91 Å². The van der Waals surface area contributed by atoms with Gasteiger partial charge in [0.25, 0.3) is 5.91 Å². The maximum absolute atomic E-state index is 13.0. The molecule has 1 fully saturated rings. The second-order valence-corrected chi connectivity index (χ2v) is 6.70. The first-order chi connectivity index (χ1) is 13.0. The molecule has 0 radical (unpaired) electrons. The standard InChI is InChI=1S/C21H22FN3O2/c1-14-10-16(15(2)25(14)13-20-4-3-9-27-20)11-17(12-23)21(26)24-19-7-5-18(22)6-8-19/h5-8,10-11,20H,3-4,9,13H2,1-2H3,(H,24,26)/b17-11+. The number of carbonyl (C=O) groups is 1. The van der Waals surface area contributed by atoms with Crippen molar-refractivity contribution in [1.29, 1.82) is 5.26 Å². The van der Waals surface area contributed by atoms with E-state index in [0.717, 1.165) is 42.9 Å². The van der Waals surface area contributed by atoms with Crippen LogP contribution in [0.4, 0.5) is 10.1 Å². The van der Waals surface area contributed by atoms with Gasteiger partial charge in [-0.05, 0) is 68.7 Å². The zero-order valence-electron chi connectivity index (χ0n) is 15.5. The van der Waals surface area contributed by atoms with Gasteiger partial charge in [0, 0.05) is 30.2 Å². The number of halogens is 1. The van der Waals surface area contributed by atoms with Crippen LogP contribution in [0.1, 0.15) is 29.8 Å². The van der Waals surface area contributed by atoms with Crippen molar-refractivity contribution in [3.8, 4) is 6.07 Å². The Hall–Kier alpha value is -2.91. The van der Waals surface area contributed by atoms with E-state index in [2.05, 4.69) is 9.88 Å². The first kappa shape index (κ1) is 18.9. The molecule has 1 aliphatic heterocycles. The Balaban J connectivity index is 1.79. The Morgan fingerprint density at radius 2 is 2.15 bits per heavy atom. The monoisotopic (exact) mass is 367 g/mol. The van der Waals surface area contributed by atoms with Crippen molar-refractivity contribution in [3.63, 3.8) is 0 Å². The van der Waals surface area contributed by atoms with E-state index in [4.69, 9.17) is 4.74 Å². The average molecular weight is 367 g/mol. The van der Waals surface area contributed by atoms with Crippen LogP contribution in [0.5, 0.6) is 0 Å². The van der Waals surface area contributed by atoms with Crippen molar-refractivity contribution >= 4 is 17.7 Å². The van der Waals surface area contributed by atoms with Crippen LogP contribution in [0.2, 0.25) is 0 Å². The molecule has 140 valence electrons. The number of hydrogen-bond acceptors (Lipinski definition) is 3. The van der Waals surface area contributed by atoms with E-state index in [0.29, 0.717) is 5.69 Å². The molecule has 1 aliphatic rings. The number of aromatic nitrogens is 1. The molecule has 2 heterocycles. The SMILES string of the molecule is Cc1cc(/C=C(\C#N)C(=O)Nc2ccc(F)cc2)c(C)n1CC1CCCO1. The smallest absolute Gasteiger partial charge is 0.266 e. The van der Waals surface area contributed by atoms with Crippen molar-refractivity contribution in [2.75, 3.05) is 11.9 Å². The summed E-state index contributed by atoms with van der Waals surface area (Å²) in [5.74, 6) is -0.907. The highest BCUT2D eigenvalue weighted by atomic mass is 19.1. The van der Waals surface area contributed by atoms with Crippen LogP contribution in [0, 0.1) is 31.0 Å². The molecule has 1 amide bonds. The number of anilines is 1. The van der Waals surface area contributed by atoms with Gasteiger partial charge in [0.05, 0.1) is 6.10 Å². The molecule has 5 nitrogen and oxygen atoms in total. The molecule has 1 aromatic carbocycles. The first-order valence-electron chi connectivity index (χ1n) is 8.95. The fraction of sp³-hybridized carbons (Fsp3) is 0.333. The maximum atomic E-state index is 13.0. The molecule has 3 rings (SSSR count). The number of nitriles is 1. The number of carbonyl (C=O) groups excluding carboxylic acids is 1. The lowest BCUT2D eigenvalue weighted by atomic mass is 10.1. The number of amides is 1. The second-order valence-electron chi connectivity index (χ2n) is 6.70. The third-order valence-electron chi connectivity index (χ3n) is 4.79. The minimum Gasteiger partial charge on any atom is -0.376 e. The molecule has 2 aromatic rings. The number of ether oxygens (including phenoxy) is 1. The highest BCUT2D eigenvalue weighted by molar-refractivity contribution is 6.09. The van der Waals surface area contributed by atoms with Gasteiger partial charge in [-0.1, -0.05) is 0 Å². The van der Waals surface area contributed by atoms with Crippen molar-refractivity contribution in [2.45, 2.75) is 39.3 Å². The fourth-order valence-corrected chi connectivity index (χ4v) is 3.28. The van der Waals surface area contributed by atoms with Crippen LogP contribution < -0.4 is 5.32 Å². The van der Waals surface area contributed by atoms with E-state index in [9.17, 15) is 14.4 Å².